The summed E-state index contributed by atoms with van der Waals surface area (Å²) >= 11 is 0. The van der Waals surface area contributed by atoms with E-state index in [4.69, 9.17) is 4.74 Å². The molecule has 2 aromatic heterocycles. The number of alkyl carbamates (subject to hydrolysis) is 1. The van der Waals surface area contributed by atoms with Crippen molar-refractivity contribution in [2.24, 2.45) is 0 Å². The minimum atomic E-state index is -0.723. The average Bonchev–Trinajstić information content (AvgIpc) is 2.95. The average molecular weight is 565 g/mol. The molecule has 0 bridgehead atoms. The van der Waals surface area contributed by atoms with Crippen LogP contribution in [0.3, 0.4) is 0 Å². The summed E-state index contributed by atoms with van der Waals surface area (Å²) in [6.07, 6.45) is 4.43. The fraction of sp³-hybridized carbons (Fsp3) is 0.219. The SMILES string of the molecule is C=C(C)OC(=O)NCC(=O)N1Cc2cc(NC(=O)c3cccnc3Nc3ccc4ccncc4c3)ccc2C(C)(C)C1. The van der Waals surface area contributed by atoms with Gasteiger partial charge in [-0.15, -0.1) is 0 Å². The van der Waals surface area contributed by atoms with Crippen LogP contribution in [-0.2, 0) is 21.5 Å². The van der Waals surface area contributed by atoms with E-state index in [2.05, 4.69) is 46.3 Å². The maximum Gasteiger partial charge on any atom is 0.412 e. The first-order valence-electron chi connectivity index (χ1n) is 13.5. The number of ether oxygens (including phenoxy) is 1. The van der Waals surface area contributed by atoms with E-state index in [9.17, 15) is 14.4 Å². The van der Waals surface area contributed by atoms with Gasteiger partial charge in [0.15, 0.2) is 0 Å². The predicted molar refractivity (Wildman–Crippen MR) is 161 cm³/mol. The minimum Gasteiger partial charge on any atom is -0.416 e. The maximum absolute atomic E-state index is 13.4. The summed E-state index contributed by atoms with van der Waals surface area (Å²) in [6.45, 7) is 9.82. The number of pyridine rings is 2. The van der Waals surface area contributed by atoms with E-state index in [0.29, 0.717) is 30.2 Å². The Hall–Kier alpha value is -5.25. The van der Waals surface area contributed by atoms with Crippen LogP contribution in [0.5, 0.6) is 0 Å². The molecule has 0 radical (unpaired) electrons. The topological polar surface area (TPSA) is 126 Å². The molecule has 0 saturated heterocycles. The third kappa shape index (κ3) is 6.38. The number of carbonyl (C=O) groups is 3. The van der Waals surface area contributed by atoms with E-state index in [1.807, 2.05) is 42.5 Å². The van der Waals surface area contributed by atoms with Crippen LogP contribution in [0.1, 0.15) is 42.3 Å². The molecule has 3 heterocycles. The number of aromatic nitrogens is 2. The first-order chi connectivity index (χ1) is 20.1. The summed E-state index contributed by atoms with van der Waals surface area (Å²) in [7, 11) is 0. The first-order valence-corrected chi connectivity index (χ1v) is 13.5. The molecule has 3 N–H and O–H groups in total. The molecule has 0 spiro atoms. The smallest absolute Gasteiger partial charge is 0.412 e. The summed E-state index contributed by atoms with van der Waals surface area (Å²) in [4.78, 5) is 48.4. The lowest BCUT2D eigenvalue weighted by atomic mass is 9.78. The Balaban J connectivity index is 1.31. The van der Waals surface area contributed by atoms with Crippen molar-refractivity contribution in [2.75, 3.05) is 23.7 Å². The van der Waals surface area contributed by atoms with Crippen LogP contribution in [0.4, 0.5) is 22.0 Å². The molecule has 10 heteroatoms. The summed E-state index contributed by atoms with van der Waals surface area (Å²) in [5.41, 5.74) is 3.43. The van der Waals surface area contributed by atoms with E-state index < -0.39 is 6.09 Å². The highest BCUT2D eigenvalue weighted by Crippen LogP contribution is 2.35. The molecule has 0 fully saturated rings. The highest BCUT2D eigenvalue weighted by Gasteiger charge is 2.34. The van der Waals surface area contributed by atoms with Crippen molar-refractivity contribution in [3.8, 4) is 0 Å². The van der Waals surface area contributed by atoms with Crippen molar-refractivity contribution in [1.29, 1.82) is 0 Å². The molecule has 0 unspecified atom stereocenters. The lowest BCUT2D eigenvalue weighted by molar-refractivity contribution is -0.132. The molecule has 3 amide bonds. The van der Waals surface area contributed by atoms with Gasteiger partial charge in [0.1, 0.15) is 12.4 Å². The van der Waals surface area contributed by atoms with E-state index in [0.717, 1.165) is 27.6 Å². The fourth-order valence-electron chi connectivity index (χ4n) is 5.10. The monoisotopic (exact) mass is 564 g/mol. The normalized spacial score (nSPS) is 13.5. The van der Waals surface area contributed by atoms with Crippen molar-refractivity contribution in [3.63, 3.8) is 0 Å². The third-order valence-corrected chi connectivity index (χ3v) is 7.00. The Morgan fingerprint density at radius 1 is 1.02 bits per heavy atom. The number of fused-ring (bicyclic) bond motifs is 2. The quantitative estimate of drug-likeness (QED) is 0.253. The number of benzene rings is 2. The van der Waals surface area contributed by atoms with Gasteiger partial charge in [0.25, 0.3) is 5.91 Å². The van der Waals surface area contributed by atoms with Crippen LogP contribution in [0.25, 0.3) is 10.8 Å². The molecule has 0 atom stereocenters. The van der Waals surface area contributed by atoms with Crippen molar-refractivity contribution in [1.82, 2.24) is 20.2 Å². The second-order valence-corrected chi connectivity index (χ2v) is 10.9. The molecule has 4 aromatic rings. The lowest BCUT2D eigenvalue weighted by Gasteiger charge is -2.40. The van der Waals surface area contributed by atoms with Crippen molar-refractivity contribution < 1.29 is 19.1 Å². The number of amides is 3. The van der Waals surface area contributed by atoms with Crippen LogP contribution >= 0.6 is 0 Å². The summed E-state index contributed by atoms with van der Waals surface area (Å²) < 4.78 is 4.87. The zero-order valence-electron chi connectivity index (χ0n) is 23.7. The van der Waals surface area contributed by atoms with Gasteiger partial charge in [-0.25, -0.2) is 9.78 Å². The van der Waals surface area contributed by atoms with Crippen LogP contribution in [0.15, 0.2) is 85.5 Å². The molecule has 1 aliphatic heterocycles. The van der Waals surface area contributed by atoms with Crippen LogP contribution in [-0.4, -0.2) is 45.9 Å². The van der Waals surface area contributed by atoms with Gasteiger partial charge in [-0.2, -0.15) is 0 Å². The number of anilines is 3. The highest BCUT2D eigenvalue weighted by molar-refractivity contribution is 6.08. The number of hydrogen-bond acceptors (Lipinski definition) is 7. The summed E-state index contributed by atoms with van der Waals surface area (Å²) in [6, 6.07) is 17.0. The fourth-order valence-corrected chi connectivity index (χ4v) is 5.10. The van der Waals surface area contributed by atoms with Gasteiger partial charge in [-0.05, 0) is 65.9 Å². The van der Waals surface area contributed by atoms with Gasteiger partial charge in [-0.1, -0.05) is 32.6 Å². The zero-order valence-corrected chi connectivity index (χ0v) is 23.7. The van der Waals surface area contributed by atoms with E-state index in [1.54, 1.807) is 42.5 Å². The number of nitrogens with zero attached hydrogens (tertiary/aromatic N) is 3. The zero-order chi connectivity index (χ0) is 29.9. The summed E-state index contributed by atoms with van der Waals surface area (Å²) in [5.74, 6) is 0.100. The Labute approximate surface area is 243 Å². The van der Waals surface area contributed by atoms with Gasteiger partial charge in [-0.3, -0.25) is 14.6 Å². The number of allylic oxidation sites excluding steroid dienone is 1. The standard InChI is InChI=1S/C32H32N6O4/c1-20(2)42-31(41)35-17-28(39)38-18-23-15-25(9-10-27(23)32(3,4)19-38)37-30(40)26-6-5-12-34-29(26)36-24-8-7-21-11-13-33-16-22(21)14-24/h5-16H,1,17-19H2,2-4H3,(H,34,36)(H,35,41)(H,37,40). The first kappa shape index (κ1) is 28.3. The molecule has 0 aliphatic carbocycles. The Morgan fingerprint density at radius 3 is 2.64 bits per heavy atom. The lowest BCUT2D eigenvalue weighted by Crippen LogP contribution is -2.48. The second-order valence-electron chi connectivity index (χ2n) is 10.9. The van der Waals surface area contributed by atoms with Crippen molar-refractivity contribution >= 4 is 45.9 Å². The van der Waals surface area contributed by atoms with Crippen LogP contribution in [0.2, 0.25) is 0 Å². The van der Waals surface area contributed by atoms with Crippen LogP contribution in [0, 0.1) is 0 Å². The molecular weight excluding hydrogens is 532 g/mol. The van der Waals surface area contributed by atoms with Gasteiger partial charge in [0.2, 0.25) is 5.91 Å². The van der Waals surface area contributed by atoms with Gasteiger partial charge >= 0.3 is 6.09 Å². The predicted octanol–water partition coefficient (Wildman–Crippen LogP) is 5.51. The molecular formula is C32H32N6O4. The summed E-state index contributed by atoms with van der Waals surface area (Å²) in [5, 5.41) is 10.7. The number of carbonyl (C=O) groups excluding carboxylic acids is 3. The molecule has 10 nitrogen and oxygen atoms in total. The Bertz CT molecular complexity index is 1700. The molecule has 1 aliphatic rings. The molecule has 0 saturated carbocycles. The third-order valence-electron chi connectivity index (χ3n) is 7.00. The van der Waals surface area contributed by atoms with E-state index in [1.165, 1.54) is 0 Å². The molecule has 2 aromatic carbocycles. The number of nitrogens with one attached hydrogen (secondary N) is 3. The van der Waals surface area contributed by atoms with Crippen LogP contribution < -0.4 is 16.0 Å². The Morgan fingerprint density at radius 2 is 1.83 bits per heavy atom. The van der Waals surface area contributed by atoms with Crippen molar-refractivity contribution in [3.05, 3.63) is 102 Å². The minimum absolute atomic E-state index is 0.196. The second kappa shape index (κ2) is 11.7. The number of rotatable bonds is 7. The van der Waals surface area contributed by atoms with Gasteiger partial charge < -0.3 is 25.6 Å². The highest BCUT2D eigenvalue weighted by atomic mass is 16.6. The van der Waals surface area contributed by atoms with E-state index in [-0.39, 0.29) is 29.5 Å². The number of hydrogen-bond donors (Lipinski definition) is 3. The molecule has 214 valence electrons. The Kier molecular flexibility index (Phi) is 7.88. The van der Waals surface area contributed by atoms with Gasteiger partial charge in [0.05, 0.1) is 11.3 Å². The molecule has 5 rings (SSSR count). The molecule has 42 heavy (non-hydrogen) atoms. The maximum atomic E-state index is 13.4. The largest absolute Gasteiger partial charge is 0.416 e. The van der Waals surface area contributed by atoms with E-state index >= 15 is 0 Å². The van der Waals surface area contributed by atoms with Gasteiger partial charge in [0, 0.05) is 53.9 Å². The van der Waals surface area contributed by atoms with Crippen molar-refractivity contribution in [2.45, 2.75) is 32.7 Å².